The van der Waals surface area contributed by atoms with Gasteiger partial charge in [0.25, 0.3) is 5.91 Å². The van der Waals surface area contributed by atoms with E-state index in [-0.39, 0.29) is 18.2 Å². The first kappa shape index (κ1) is 20.2. The Morgan fingerprint density at radius 3 is 2.48 bits per heavy atom. The molecule has 148 valence electrons. The summed E-state index contributed by atoms with van der Waals surface area (Å²) in [7, 11) is 3.94. The lowest BCUT2D eigenvalue weighted by atomic mass is 10.2. The number of hydrogen-bond acceptors (Lipinski definition) is 7. The fourth-order valence-corrected chi connectivity index (χ4v) is 3.08. The Morgan fingerprint density at radius 2 is 1.79 bits per heavy atom. The van der Waals surface area contributed by atoms with E-state index in [0.29, 0.717) is 15.7 Å². The summed E-state index contributed by atoms with van der Waals surface area (Å²) in [6, 6.07) is 16.6. The van der Waals surface area contributed by atoms with Gasteiger partial charge in [-0.05, 0) is 29.8 Å². The summed E-state index contributed by atoms with van der Waals surface area (Å²) in [5.41, 5.74) is 4.94. The van der Waals surface area contributed by atoms with Gasteiger partial charge < -0.3 is 4.90 Å². The van der Waals surface area contributed by atoms with Crippen molar-refractivity contribution in [2.45, 2.75) is 6.42 Å². The number of carbonyl (C=O) groups excluding carboxylic acids is 2. The molecule has 0 radical (unpaired) electrons. The molecule has 0 bridgehead atoms. The average Bonchev–Trinajstić information content (AvgIpc) is 3.15. The van der Waals surface area contributed by atoms with Gasteiger partial charge >= 0.3 is 0 Å². The molecule has 1 heterocycles. The minimum Gasteiger partial charge on any atom is -0.378 e. The molecule has 2 amide bonds. The van der Waals surface area contributed by atoms with E-state index < -0.39 is 0 Å². The summed E-state index contributed by atoms with van der Waals surface area (Å²) in [6.45, 7) is 0. The van der Waals surface area contributed by atoms with E-state index in [1.54, 1.807) is 30.5 Å². The highest BCUT2D eigenvalue weighted by Crippen LogP contribution is 2.16. The van der Waals surface area contributed by atoms with Crippen molar-refractivity contribution in [3.05, 3.63) is 70.7 Å². The molecule has 3 aromatic rings. The van der Waals surface area contributed by atoms with Gasteiger partial charge in [0.15, 0.2) is 0 Å². The molecule has 0 atom stereocenters. The number of hydrogen-bond donors (Lipinski definition) is 2. The zero-order valence-electron chi connectivity index (χ0n) is 16.0. The Labute approximate surface area is 172 Å². The van der Waals surface area contributed by atoms with Gasteiger partial charge in [-0.15, -0.1) is 10.2 Å². The molecule has 0 spiro atoms. The van der Waals surface area contributed by atoms with Crippen LogP contribution in [0.25, 0.3) is 0 Å². The van der Waals surface area contributed by atoms with Gasteiger partial charge in [-0.3, -0.25) is 14.9 Å². The number of benzene rings is 2. The molecule has 3 rings (SSSR count). The van der Waals surface area contributed by atoms with Crippen molar-refractivity contribution in [1.29, 1.82) is 0 Å². The number of hydrazone groups is 1. The summed E-state index contributed by atoms with van der Waals surface area (Å²) < 4.78 is 0. The van der Waals surface area contributed by atoms with Crippen molar-refractivity contribution in [1.82, 2.24) is 15.6 Å². The Hall–Kier alpha value is -3.59. The van der Waals surface area contributed by atoms with Crippen molar-refractivity contribution < 1.29 is 9.59 Å². The first-order chi connectivity index (χ1) is 14.0. The molecule has 0 saturated heterocycles. The second kappa shape index (κ2) is 9.56. The zero-order chi connectivity index (χ0) is 20.6. The third kappa shape index (κ3) is 5.94. The Bertz CT molecular complexity index is 999. The second-order valence-corrected chi connectivity index (χ2v) is 7.34. The van der Waals surface area contributed by atoms with Gasteiger partial charge in [-0.1, -0.05) is 41.7 Å². The van der Waals surface area contributed by atoms with E-state index in [0.717, 1.165) is 22.6 Å². The van der Waals surface area contributed by atoms with Crippen molar-refractivity contribution >= 4 is 40.2 Å². The van der Waals surface area contributed by atoms with Crippen molar-refractivity contribution in [3.63, 3.8) is 0 Å². The van der Waals surface area contributed by atoms with Gasteiger partial charge in [0.2, 0.25) is 11.0 Å². The summed E-state index contributed by atoms with van der Waals surface area (Å²) in [5, 5.41) is 15.3. The average molecular weight is 408 g/mol. The van der Waals surface area contributed by atoms with E-state index in [4.69, 9.17) is 0 Å². The van der Waals surface area contributed by atoms with Crippen LogP contribution < -0.4 is 15.6 Å². The summed E-state index contributed by atoms with van der Waals surface area (Å²) in [5.74, 6) is -0.592. The predicted molar refractivity (Wildman–Crippen MR) is 115 cm³/mol. The number of anilines is 2. The molecule has 2 N–H and O–H groups in total. The van der Waals surface area contributed by atoms with Crippen LogP contribution in [-0.4, -0.2) is 42.3 Å². The van der Waals surface area contributed by atoms with Gasteiger partial charge in [0.05, 0.1) is 12.6 Å². The van der Waals surface area contributed by atoms with Gasteiger partial charge in [0.1, 0.15) is 5.01 Å². The summed E-state index contributed by atoms with van der Waals surface area (Å²) >= 11 is 1.15. The summed E-state index contributed by atoms with van der Waals surface area (Å²) in [6.07, 6.45) is 1.60. The Morgan fingerprint density at radius 1 is 1.07 bits per heavy atom. The Balaban J connectivity index is 1.49. The maximum Gasteiger partial charge on any atom is 0.257 e. The van der Waals surface area contributed by atoms with Crippen molar-refractivity contribution in [2.24, 2.45) is 5.10 Å². The van der Waals surface area contributed by atoms with Crippen LogP contribution in [0.15, 0.2) is 59.7 Å². The van der Waals surface area contributed by atoms with E-state index >= 15 is 0 Å². The quantitative estimate of drug-likeness (QED) is 0.462. The first-order valence-electron chi connectivity index (χ1n) is 8.79. The maximum absolute atomic E-state index is 12.1. The van der Waals surface area contributed by atoms with Crippen LogP contribution in [-0.2, 0) is 11.2 Å². The number of nitrogens with one attached hydrogen (secondary N) is 2. The third-order valence-corrected chi connectivity index (χ3v) is 4.69. The molecule has 2 aromatic carbocycles. The number of rotatable bonds is 7. The smallest absolute Gasteiger partial charge is 0.257 e. The first-order valence-corrected chi connectivity index (χ1v) is 9.61. The molecule has 0 aliphatic heterocycles. The van der Waals surface area contributed by atoms with E-state index in [1.807, 2.05) is 49.3 Å². The van der Waals surface area contributed by atoms with Crippen LogP contribution in [0.3, 0.4) is 0 Å². The minimum atomic E-state index is -0.316. The van der Waals surface area contributed by atoms with Gasteiger partial charge in [-0.25, -0.2) is 5.43 Å². The monoisotopic (exact) mass is 408 g/mol. The molecular formula is C20H20N6O2S. The van der Waals surface area contributed by atoms with Crippen molar-refractivity contribution in [2.75, 3.05) is 24.3 Å². The number of carbonyl (C=O) groups is 2. The Kier molecular flexibility index (Phi) is 6.64. The van der Waals surface area contributed by atoms with Crippen LogP contribution in [0, 0.1) is 0 Å². The standard InChI is InChI=1S/C20H20N6O2S/c1-26(2)16-10-8-14(9-11-16)13-21-23-17(27)12-18-24-25-20(29-18)22-19(28)15-6-4-3-5-7-15/h3-11,13H,12H2,1-2H3,(H,23,27)(H,22,25,28). The molecule has 9 heteroatoms. The van der Waals surface area contributed by atoms with Crippen LogP contribution in [0.2, 0.25) is 0 Å². The highest BCUT2D eigenvalue weighted by atomic mass is 32.1. The lowest BCUT2D eigenvalue weighted by Crippen LogP contribution is -2.19. The molecule has 1 aromatic heterocycles. The molecule has 0 saturated carbocycles. The summed E-state index contributed by atoms with van der Waals surface area (Å²) in [4.78, 5) is 26.1. The van der Waals surface area contributed by atoms with E-state index in [9.17, 15) is 9.59 Å². The normalized spacial score (nSPS) is 10.7. The molecule has 29 heavy (non-hydrogen) atoms. The SMILES string of the molecule is CN(C)c1ccc(C=NNC(=O)Cc2nnc(NC(=O)c3ccccc3)s2)cc1. The molecule has 0 aliphatic rings. The van der Waals surface area contributed by atoms with Gasteiger partial charge in [0, 0.05) is 25.3 Å². The van der Waals surface area contributed by atoms with Crippen LogP contribution in [0.1, 0.15) is 20.9 Å². The third-order valence-electron chi connectivity index (χ3n) is 3.85. The highest BCUT2D eigenvalue weighted by Gasteiger charge is 2.12. The molecular weight excluding hydrogens is 388 g/mol. The topological polar surface area (TPSA) is 99.6 Å². The largest absolute Gasteiger partial charge is 0.378 e. The fraction of sp³-hybridized carbons (Fsp3) is 0.150. The van der Waals surface area contributed by atoms with Crippen molar-refractivity contribution in [3.8, 4) is 0 Å². The number of amides is 2. The predicted octanol–water partition coefficient (Wildman–Crippen LogP) is 2.55. The van der Waals surface area contributed by atoms with Gasteiger partial charge in [-0.2, -0.15) is 5.10 Å². The fourth-order valence-electron chi connectivity index (χ4n) is 2.35. The van der Waals surface area contributed by atoms with E-state index in [1.165, 1.54) is 0 Å². The minimum absolute atomic E-state index is 0.0236. The lowest BCUT2D eigenvalue weighted by molar-refractivity contribution is -0.120. The number of nitrogens with zero attached hydrogens (tertiary/aromatic N) is 4. The van der Waals surface area contributed by atoms with Crippen LogP contribution in [0.4, 0.5) is 10.8 Å². The number of aromatic nitrogens is 2. The molecule has 0 unspecified atom stereocenters. The van der Waals surface area contributed by atoms with Crippen LogP contribution in [0.5, 0.6) is 0 Å². The van der Waals surface area contributed by atoms with E-state index in [2.05, 4.69) is 26.0 Å². The zero-order valence-corrected chi connectivity index (χ0v) is 16.8. The second-order valence-electron chi connectivity index (χ2n) is 6.28. The maximum atomic E-state index is 12.1. The molecule has 8 nitrogen and oxygen atoms in total. The molecule has 0 aliphatic carbocycles. The lowest BCUT2D eigenvalue weighted by Gasteiger charge is -2.11. The van der Waals surface area contributed by atoms with Crippen LogP contribution >= 0.6 is 11.3 Å². The highest BCUT2D eigenvalue weighted by molar-refractivity contribution is 7.15. The molecule has 0 fully saturated rings.